The molecule has 2 N–H and O–H groups in total. The van der Waals surface area contributed by atoms with Gasteiger partial charge in [0.15, 0.2) is 0 Å². The molecule has 0 aliphatic heterocycles. The maximum absolute atomic E-state index is 6.28. The van der Waals surface area contributed by atoms with Crippen molar-refractivity contribution in [3.63, 3.8) is 0 Å². The standard InChI is InChI=1S/C15H17NO/c16-15(14-9-4-10-17-14)13-8-2-1-7-12(13)11-5-3-6-11/h1-2,4,7-11,15H,3,5-6,16H2. The van der Waals surface area contributed by atoms with E-state index in [4.69, 9.17) is 10.2 Å². The van der Waals surface area contributed by atoms with E-state index in [2.05, 4.69) is 24.3 Å². The quantitative estimate of drug-likeness (QED) is 0.870. The summed E-state index contributed by atoms with van der Waals surface area (Å²) in [5, 5.41) is 0. The largest absolute Gasteiger partial charge is 0.467 e. The van der Waals surface area contributed by atoms with E-state index in [1.807, 2.05) is 12.1 Å². The molecule has 1 atom stereocenters. The van der Waals surface area contributed by atoms with Crippen LogP contribution in [0.5, 0.6) is 0 Å². The van der Waals surface area contributed by atoms with Gasteiger partial charge in [-0.05, 0) is 42.0 Å². The fourth-order valence-corrected chi connectivity index (χ4v) is 2.51. The van der Waals surface area contributed by atoms with E-state index in [0.717, 1.165) is 5.76 Å². The first-order valence-electron chi connectivity index (χ1n) is 6.24. The summed E-state index contributed by atoms with van der Waals surface area (Å²) in [5.74, 6) is 1.55. The zero-order valence-corrected chi connectivity index (χ0v) is 9.80. The van der Waals surface area contributed by atoms with E-state index in [1.54, 1.807) is 6.26 Å². The van der Waals surface area contributed by atoms with Gasteiger partial charge in [0.25, 0.3) is 0 Å². The van der Waals surface area contributed by atoms with Gasteiger partial charge in [-0.25, -0.2) is 0 Å². The molecule has 1 heterocycles. The Labute approximate surface area is 101 Å². The Morgan fingerprint density at radius 3 is 2.59 bits per heavy atom. The molecular formula is C15H17NO. The monoisotopic (exact) mass is 227 g/mol. The van der Waals surface area contributed by atoms with Crippen LogP contribution < -0.4 is 5.73 Å². The van der Waals surface area contributed by atoms with Crippen LogP contribution in [0.1, 0.15) is 48.1 Å². The predicted octanol–water partition coefficient (Wildman–Crippen LogP) is 3.60. The first-order chi connectivity index (χ1) is 8.36. The molecule has 2 nitrogen and oxygen atoms in total. The van der Waals surface area contributed by atoms with Crippen LogP contribution in [0.4, 0.5) is 0 Å². The van der Waals surface area contributed by atoms with Crippen LogP contribution in [0.25, 0.3) is 0 Å². The minimum absolute atomic E-state index is 0.137. The third kappa shape index (κ3) is 1.89. The highest BCUT2D eigenvalue weighted by atomic mass is 16.3. The molecule has 0 bridgehead atoms. The lowest BCUT2D eigenvalue weighted by Crippen LogP contribution is -2.17. The Bertz CT molecular complexity index is 485. The van der Waals surface area contributed by atoms with Gasteiger partial charge < -0.3 is 10.2 Å². The smallest absolute Gasteiger partial charge is 0.125 e. The van der Waals surface area contributed by atoms with Crippen molar-refractivity contribution in [1.82, 2.24) is 0 Å². The van der Waals surface area contributed by atoms with Crippen molar-refractivity contribution in [2.24, 2.45) is 5.73 Å². The second-order valence-electron chi connectivity index (χ2n) is 4.75. The fourth-order valence-electron chi connectivity index (χ4n) is 2.51. The lowest BCUT2D eigenvalue weighted by molar-refractivity contribution is 0.413. The van der Waals surface area contributed by atoms with Crippen LogP contribution >= 0.6 is 0 Å². The molecule has 3 rings (SSSR count). The minimum Gasteiger partial charge on any atom is -0.467 e. The first kappa shape index (κ1) is 10.6. The summed E-state index contributed by atoms with van der Waals surface area (Å²) in [4.78, 5) is 0. The van der Waals surface area contributed by atoms with E-state index in [9.17, 15) is 0 Å². The molecule has 0 spiro atoms. The summed E-state index contributed by atoms with van der Waals surface area (Å²) in [6, 6.07) is 12.2. The van der Waals surface area contributed by atoms with Crippen molar-refractivity contribution in [2.45, 2.75) is 31.2 Å². The second kappa shape index (κ2) is 4.38. The van der Waals surface area contributed by atoms with Gasteiger partial charge in [0, 0.05) is 0 Å². The predicted molar refractivity (Wildman–Crippen MR) is 67.8 cm³/mol. The average Bonchev–Trinajstić information content (AvgIpc) is 2.80. The molecule has 1 aliphatic rings. The number of benzene rings is 1. The van der Waals surface area contributed by atoms with Gasteiger partial charge in [0.2, 0.25) is 0 Å². The second-order valence-corrected chi connectivity index (χ2v) is 4.75. The van der Waals surface area contributed by atoms with Gasteiger partial charge in [-0.15, -0.1) is 0 Å². The van der Waals surface area contributed by atoms with Crippen LogP contribution in [0.3, 0.4) is 0 Å². The molecule has 1 unspecified atom stereocenters. The van der Waals surface area contributed by atoms with Gasteiger partial charge in [-0.3, -0.25) is 0 Å². The highest BCUT2D eigenvalue weighted by Gasteiger charge is 2.24. The number of hydrogen-bond donors (Lipinski definition) is 1. The molecule has 17 heavy (non-hydrogen) atoms. The first-order valence-corrected chi connectivity index (χ1v) is 6.24. The Kier molecular flexibility index (Phi) is 2.73. The Morgan fingerprint density at radius 1 is 1.12 bits per heavy atom. The maximum atomic E-state index is 6.28. The van der Waals surface area contributed by atoms with Gasteiger partial charge >= 0.3 is 0 Å². The Balaban J connectivity index is 1.96. The molecule has 1 aliphatic carbocycles. The van der Waals surface area contributed by atoms with Gasteiger partial charge in [-0.2, -0.15) is 0 Å². The van der Waals surface area contributed by atoms with E-state index in [-0.39, 0.29) is 6.04 Å². The summed E-state index contributed by atoms with van der Waals surface area (Å²) >= 11 is 0. The van der Waals surface area contributed by atoms with Crippen LogP contribution in [0, 0.1) is 0 Å². The number of hydrogen-bond acceptors (Lipinski definition) is 2. The van der Waals surface area contributed by atoms with E-state index in [1.165, 1.54) is 30.4 Å². The minimum atomic E-state index is -0.137. The van der Waals surface area contributed by atoms with E-state index < -0.39 is 0 Å². The van der Waals surface area contributed by atoms with E-state index in [0.29, 0.717) is 5.92 Å². The average molecular weight is 227 g/mol. The van der Waals surface area contributed by atoms with Crippen molar-refractivity contribution in [1.29, 1.82) is 0 Å². The highest BCUT2D eigenvalue weighted by Crippen LogP contribution is 2.40. The fraction of sp³-hybridized carbons (Fsp3) is 0.333. The zero-order valence-electron chi connectivity index (χ0n) is 9.80. The molecule has 1 aromatic heterocycles. The summed E-state index contributed by atoms with van der Waals surface area (Å²) in [7, 11) is 0. The van der Waals surface area contributed by atoms with Crippen LogP contribution in [-0.2, 0) is 0 Å². The molecule has 2 aromatic rings. The molecule has 1 fully saturated rings. The van der Waals surface area contributed by atoms with Crippen molar-refractivity contribution in [2.75, 3.05) is 0 Å². The third-order valence-corrected chi connectivity index (χ3v) is 3.73. The summed E-state index contributed by atoms with van der Waals surface area (Å²) in [6.07, 6.45) is 5.61. The SMILES string of the molecule is NC(c1ccco1)c1ccccc1C1CCC1. The van der Waals surface area contributed by atoms with Crippen molar-refractivity contribution < 1.29 is 4.42 Å². The molecule has 0 radical (unpaired) electrons. The molecule has 0 amide bonds. The maximum Gasteiger partial charge on any atom is 0.125 e. The van der Waals surface area contributed by atoms with Crippen molar-refractivity contribution >= 4 is 0 Å². The highest BCUT2D eigenvalue weighted by molar-refractivity contribution is 5.37. The Hall–Kier alpha value is -1.54. The lowest BCUT2D eigenvalue weighted by atomic mass is 9.77. The van der Waals surface area contributed by atoms with Crippen molar-refractivity contribution in [3.8, 4) is 0 Å². The van der Waals surface area contributed by atoms with Crippen LogP contribution in [-0.4, -0.2) is 0 Å². The molecule has 88 valence electrons. The lowest BCUT2D eigenvalue weighted by Gasteiger charge is -2.29. The Morgan fingerprint density at radius 2 is 1.94 bits per heavy atom. The number of nitrogens with two attached hydrogens (primary N) is 1. The van der Waals surface area contributed by atoms with Gasteiger partial charge in [-0.1, -0.05) is 30.7 Å². The molecule has 0 saturated heterocycles. The van der Waals surface area contributed by atoms with Crippen molar-refractivity contribution in [3.05, 3.63) is 59.5 Å². The number of rotatable bonds is 3. The molecular weight excluding hydrogens is 210 g/mol. The summed E-state index contributed by atoms with van der Waals surface area (Å²) in [6.45, 7) is 0. The molecule has 1 saturated carbocycles. The van der Waals surface area contributed by atoms with Crippen LogP contribution in [0.2, 0.25) is 0 Å². The number of furan rings is 1. The normalized spacial score (nSPS) is 17.7. The topological polar surface area (TPSA) is 39.2 Å². The summed E-state index contributed by atoms with van der Waals surface area (Å²) < 4.78 is 5.41. The summed E-state index contributed by atoms with van der Waals surface area (Å²) in [5.41, 5.74) is 8.90. The zero-order chi connectivity index (χ0) is 11.7. The molecule has 1 aromatic carbocycles. The van der Waals surface area contributed by atoms with E-state index >= 15 is 0 Å². The van der Waals surface area contributed by atoms with Gasteiger partial charge in [0.05, 0.1) is 12.3 Å². The third-order valence-electron chi connectivity index (χ3n) is 3.73. The van der Waals surface area contributed by atoms with Crippen LogP contribution in [0.15, 0.2) is 47.1 Å². The molecule has 2 heteroatoms. The van der Waals surface area contributed by atoms with Gasteiger partial charge in [0.1, 0.15) is 5.76 Å².